The molecular formula is C20H16N4O3. The van der Waals surface area contributed by atoms with Gasteiger partial charge in [-0.25, -0.2) is 9.78 Å². The lowest BCUT2D eigenvalue weighted by Gasteiger charge is -2.16. The Balaban J connectivity index is 2.24. The molecule has 0 aliphatic carbocycles. The number of methoxy groups -OCH3 is 1. The highest BCUT2D eigenvalue weighted by atomic mass is 16.5. The molecule has 1 aromatic carbocycles. The summed E-state index contributed by atoms with van der Waals surface area (Å²) in [6.07, 6.45) is 3.36. The molecule has 0 aliphatic rings. The third-order valence-electron chi connectivity index (χ3n) is 4.49. The Morgan fingerprint density at radius 2 is 1.96 bits per heavy atom. The molecule has 4 aromatic rings. The highest BCUT2D eigenvalue weighted by Gasteiger charge is 2.23. The molecule has 134 valence electrons. The van der Waals surface area contributed by atoms with Crippen LogP contribution >= 0.6 is 0 Å². The van der Waals surface area contributed by atoms with Crippen molar-refractivity contribution in [3.05, 3.63) is 70.4 Å². The van der Waals surface area contributed by atoms with Crippen LogP contribution in [-0.2, 0) is 4.74 Å². The number of carbonyl (C=O) groups excluding carboxylic acids is 1. The van der Waals surface area contributed by atoms with E-state index in [1.807, 2.05) is 25.1 Å². The van der Waals surface area contributed by atoms with Crippen LogP contribution in [0.5, 0.6) is 0 Å². The Kier molecular flexibility index (Phi) is 3.84. The molecule has 0 amide bonds. The highest BCUT2D eigenvalue weighted by molar-refractivity contribution is 6.04. The SMILES string of the molecule is COC(=O)c1c(N)c2ccc(C)nc2n(-c2cccc3cnccc23)c1=O. The fourth-order valence-corrected chi connectivity index (χ4v) is 3.20. The molecule has 4 rings (SSSR count). The smallest absolute Gasteiger partial charge is 0.345 e. The topological polar surface area (TPSA) is 100 Å². The van der Waals surface area contributed by atoms with Crippen LogP contribution in [0.15, 0.2) is 53.6 Å². The second-order valence-electron chi connectivity index (χ2n) is 6.12. The zero-order chi connectivity index (χ0) is 19.1. The lowest BCUT2D eigenvalue weighted by atomic mass is 10.1. The van der Waals surface area contributed by atoms with Crippen LogP contribution in [0.3, 0.4) is 0 Å². The minimum atomic E-state index is -0.782. The van der Waals surface area contributed by atoms with Gasteiger partial charge in [-0.3, -0.25) is 14.3 Å². The Morgan fingerprint density at radius 1 is 1.15 bits per heavy atom. The van der Waals surface area contributed by atoms with Crippen LogP contribution < -0.4 is 11.3 Å². The zero-order valence-corrected chi connectivity index (χ0v) is 14.8. The van der Waals surface area contributed by atoms with Crippen LogP contribution in [0, 0.1) is 6.92 Å². The monoisotopic (exact) mass is 360 g/mol. The summed E-state index contributed by atoms with van der Waals surface area (Å²) >= 11 is 0. The zero-order valence-electron chi connectivity index (χ0n) is 14.8. The number of fused-ring (bicyclic) bond motifs is 2. The molecule has 7 heteroatoms. The summed E-state index contributed by atoms with van der Waals surface area (Å²) in [5, 5.41) is 2.17. The van der Waals surface area contributed by atoms with Gasteiger partial charge in [0.25, 0.3) is 5.56 Å². The molecule has 7 nitrogen and oxygen atoms in total. The van der Waals surface area contributed by atoms with Crippen LogP contribution in [0.4, 0.5) is 5.69 Å². The first-order chi connectivity index (χ1) is 13.0. The van der Waals surface area contributed by atoms with Gasteiger partial charge in [-0.2, -0.15) is 0 Å². The van der Waals surface area contributed by atoms with Crippen LogP contribution in [0.25, 0.3) is 27.5 Å². The molecule has 27 heavy (non-hydrogen) atoms. The molecular weight excluding hydrogens is 344 g/mol. The summed E-state index contributed by atoms with van der Waals surface area (Å²) in [5.74, 6) is -0.782. The predicted molar refractivity (Wildman–Crippen MR) is 103 cm³/mol. The standard InChI is InChI=1S/C20H16N4O3/c1-11-6-7-14-17(21)16(20(26)27-2)19(25)24(18(14)23-11)15-5-3-4-12-10-22-9-8-13(12)15/h3-10H,21H2,1-2H3. The number of nitrogens with two attached hydrogens (primary N) is 1. The minimum absolute atomic E-state index is 0.0625. The van der Waals surface area contributed by atoms with Gasteiger partial charge in [0.05, 0.1) is 18.5 Å². The van der Waals surface area contributed by atoms with Gasteiger partial charge in [0.1, 0.15) is 11.2 Å². The normalized spacial score (nSPS) is 11.0. The van der Waals surface area contributed by atoms with Crippen molar-refractivity contribution >= 4 is 33.5 Å². The second kappa shape index (κ2) is 6.21. The molecule has 0 radical (unpaired) electrons. The average Bonchev–Trinajstić information content (AvgIpc) is 2.68. The largest absolute Gasteiger partial charge is 0.465 e. The number of nitrogens with zero attached hydrogens (tertiary/aromatic N) is 3. The summed E-state index contributed by atoms with van der Waals surface area (Å²) in [7, 11) is 1.22. The van der Waals surface area contributed by atoms with Gasteiger partial charge < -0.3 is 10.5 Å². The van der Waals surface area contributed by atoms with Crippen molar-refractivity contribution in [2.75, 3.05) is 12.8 Å². The number of ether oxygens (including phenoxy) is 1. The number of hydrogen-bond acceptors (Lipinski definition) is 6. The van der Waals surface area contributed by atoms with E-state index in [0.29, 0.717) is 16.7 Å². The lowest BCUT2D eigenvalue weighted by Crippen LogP contribution is -2.29. The summed E-state index contributed by atoms with van der Waals surface area (Å²) in [5.41, 5.74) is 7.12. The van der Waals surface area contributed by atoms with E-state index in [1.165, 1.54) is 11.7 Å². The van der Waals surface area contributed by atoms with E-state index in [-0.39, 0.29) is 11.3 Å². The number of carbonyl (C=O) groups is 1. The van der Waals surface area contributed by atoms with Crippen LogP contribution in [-0.4, -0.2) is 27.6 Å². The molecule has 2 N–H and O–H groups in total. The Labute approximate surface area is 154 Å². The minimum Gasteiger partial charge on any atom is -0.465 e. The molecule has 0 spiro atoms. The van der Waals surface area contributed by atoms with E-state index >= 15 is 0 Å². The molecule has 0 bridgehead atoms. The number of aromatic nitrogens is 3. The summed E-state index contributed by atoms with van der Waals surface area (Å²) in [6.45, 7) is 1.83. The maximum absolute atomic E-state index is 13.3. The third-order valence-corrected chi connectivity index (χ3v) is 4.49. The van der Waals surface area contributed by atoms with Crippen molar-refractivity contribution in [1.82, 2.24) is 14.5 Å². The van der Waals surface area contributed by atoms with Gasteiger partial charge in [0.2, 0.25) is 0 Å². The first kappa shape index (κ1) is 16.7. The number of benzene rings is 1. The second-order valence-corrected chi connectivity index (χ2v) is 6.12. The van der Waals surface area contributed by atoms with Crippen LogP contribution in [0.2, 0.25) is 0 Å². The maximum Gasteiger partial charge on any atom is 0.345 e. The van der Waals surface area contributed by atoms with Crippen molar-refractivity contribution in [3.63, 3.8) is 0 Å². The van der Waals surface area contributed by atoms with Crippen molar-refractivity contribution in [1.29, 1.82) is 0 Å². The molecule has 0 aliphatic heterocycles. The van der Waals surface area contributed by atoms with E-state index < -0.39 is 11.5 Å². The maximum atomic E-state index is 13.3. The lowest BCUT2D eigenvalue weighted by molar-refractivity contribution is 0.0600. The number of hydrogen-bond donors (Lipinski definition) is 1. The molecule has 0 unspecified atom stereocenters. The van der Waals surface area contributed by atoms with E-state index in [0.717, 1.165) is 16.5 Å². The third kappa shape index (κ3) is 2.52. The predicted octanol–water partition coefficient (Wildman–Crippen LogP) is 2.61. The Bertz CT molecular complexity index is 1270. The van der Waals surface area contributed by atoms with E-state index in [1.54, 1.807) is 30.6 Å². The fraction of sp³-hybridized carbons (Fsp3) is 0.100. The van der Waals surface area contributed by atoms with Crippen LogP contribution in [0.1, 0.15) is 16.1 Å². The number of esters is 1. The summed E-state index contributed by atoms with van der Waals surface area (Å²) in [6, 6.07) is 10.9. The number of anilines is 1. The van der Waals surface area contributed by atoms with E-state index in [2.05, 4.69) is 9.97 Å². The fourth-order valence-electron chi connectivity index (χ4n) is 3.20. The molecule has 0 fully saturated rings. The van der Waals surface area contributed by atoms with Gasteiger partial charge in [0.15, 0.2) is 0 Å². The Morgan fingerprint density at radius 3 is 2.74 bits per heavy atom. The number of rotatable bonds is 2. The first-order valence-electron chi connectivity index (χ1n) is 8.26. The number of nitrogen functional groups attached to an aromatic ring is 1. The number of pyridine rings is 3. The average molecular weight is 360 g/mol. The molecule has 3 aromatic heterocycles. The van der Waals surface area contributed by atoms with E-state index in [4.69, 9.17) is 10.5 Å². The van der Waals surface area contributed by atoms with Gasteiger partial charge in [-0.15, -0.1) is 0 Å². The molecule has 0 saturated heterocycles. The molecule has 0 atom stereocenters. The number of aryl methyl sites for hydroxylation is 1. The molecule has 0 saturated carbocycles. The summed E-state index contributed by atoms with van der Waals surface area (Å²) in [4.78, 5) is 34.2. The van der Waals surface area contributed by atoms with Gasteiger partial charge in [-0.1, -0.05) is 12.1 Å². The van der Waals surface area contributed by atoms with Gasteiger partial charge in [-0.05, 0) is 31.2 Å². The van der Waals surface area contributed by atoms with Crippen molar-refractivity contribution < 1.29 is 9.53 Å². The summed E-state index contributed by atoms with van der Waals surface area (Å²) < 4.78 is 6.20. The quantitative estimate of drug-likeness (QED) is 0.552. The van der Waals surface area contributed by atoms with Crippen molar-refractivity contribution in [2.24, 2.45) is 0 Å². The van der Waals surface area contributed by atoms with Crippen molar-refractivity contribution in [2.45, 2.75) is 6.92 Å². The first-order valence-corrected chi connectivity index (χ1v) is 8.26. The van der Waals surface area contributed by atoms with E-state index in [9.17, 15) is 9.59 Å². The molecule has 3 heterocycles. The Hall–Kier alpha value is -3.74. The highest BCUT2D eigenvalue weighted by Crippen LogP contribution is 2.27. The van der Waals surface area contributed by atoms with Gasteiger partial charge >= 0.3 is 5.97 Å². The van der Waals surface area contributed by atoms with Gasteiger partial charge in [0, 0.05) is 34.2 Å². The van der Waals surface area contributed by atoms with Crippen molar-refractivity contribution in [3.8, 4) is 5.69 Å².